The number of likely N-dealkylation sites (tertiary alicyclic amines) is 1. The number of amides is 2. The van der Waals surface area contributed by atoms with E-state index in [0.717, 1.165) is 52.8 Å². The lowest BCUT2D eigenvalue weighted by molar-refractivity contribution is -0.146. The highest BCUT2D eigenvalue weighted by atomic mass is 32.1. The van der Waals surface area contributed by atoms with Gasteiger partial charge in [0.15, 0.2) is 0 Å². The summed E-state index contributed by atoms with van der Waals surface area (Å²) in [6.07, 6.45) is 3.15. The molecule has 2 aliphatic rings. The van der Waals surface area contributed by atoms with Crippen LogP contribution in [0.1, 0.15) is 46.0 Å². The molecule has 2 amide bonds. The average Bonchev–Trinajstić information content (AvgIpc) is 3.49. The van der Waals surface area contributed by atoms with Crippen LogP contribution in [-0.4, -0.2) is 50.1 Å². The van der Waals surface area contributed by atoms with Crippen LogP contribution in [0.2, 0.25) is 0 Å². The highest BCUT2D eigenvalue weighted by Gasteiger charge is 2.44. The first-order chi connectivity index (χ1) is 16.1. The normalized spacial score (nSPS) is 20.2. The van der Waals surface area contributed by atoms with Gasteiger partial charge in [-0.3, -0.25) is 9.59 Å². The Morgan fingerprint density at radius 3 is 2.58 bits per heavy atom. The largest absolute Gasteiger partial charge is 0.381 e. The Morgan fingerprint density at radius 2 is 1.82 bits per heavy atom. The fraction of sp³-hybridized carbons (Fsp3) is 0.407. The molecule has 6 heteroatoms. The van der Waals surface area contributed by atoms with Crippen LogP contribution in [0.25, 0.3) is 10.1 Å². The second-order valence-electron chi connectivity index (χ2n) is 9.21. The van der Waals surface area contributed by atoms with Crippen molar-refractivity contribution in [1.29, 1.82) is 0 Å². The lowest BCUT2D eigenvalue weighted by Crippen LogP contribution is -2.47. The third-order valence-electron chi connectivity index (χ3n) is 7.24. The standard InChI is InChI=1S/C27H30N2O3S/c1-28-25(30)24-23(21-9-5-6-10-22(21)33-24)20-11-14-29(18-20)26(31)27(12-15-32-16-13-27)17-19-7-3-2-4-8-19/h2-10,20H,11-18H2,1H3,(H,28,30)/t20-/m1/s1. The van der Waals surface area contributed by atoms with E-state index in [1.54, 1.807) is 18.4 Å². The summed E-state index contributed by atoms with van der Waals surface area (Å²) >= 11 is 1.55. The van der Waals surface area contributed by atoms with Crippen LogP contribution in [0, 0.1) is 5.41 Å². The van der Waals surface area contributed by atoms with Gasteiger partial charge in [-0.05, 0) is 48.3 Å². The Hall–Kier alpha value is -2.70. The number of hydrogen-bond donors (Lipinski definition) is 1. The summed E-state index contributed by atoms with van der Waals surface area (Å²) in [5.74, 6) is 0.380. The number of rotatable bonds is 5. The van der Waals surface area contributed by atoms with E-state index in [1.807, 2.05) is 30.3 Å². The Balaban J connectivity index is 1.43. The maximum Gasteiger partial charge on any atom is 0.261 e. The average molecular weight is 463 g/mol. The molecule has 1 aromatic heterocycles. The third-order valence-corrected chi connectivity index (χ3v) is 8.43. The molecule has 3 aromatic rings. The smallest absolute Gasteiger partial charge is 0.261 e. The van der Waals surface area contributed by atoms with Gasteiger partial charge in [0.1, 0.15) is 0 Å². The monoisotopic (exact) mass is 462 g/mol. The Morgan fingerprint density at radius 1 is 1.09 bits per heavy atom. The predicted octanol–water partition coefficient (Wildman–Crippen LogP) is 4.62. The van der Waals surface area contributed by atoms with Gasteiger partial charge in [0.05, 0.1) is 10.3 Å². The van der Waals surface area contributed by atoms with Crippen LogP contribution in [0.15, 0.2) is 54.6 Å². The van der Waals surface area contributed by atoms with Gasteiger partial charge in [0.25, 0.3) is 5.91 Å². The summed E-state index contributed by atoms with van der Waals surface area (Å²) in [6.45, 7) is 2.66. The first-order valence-electron chi connectivity index (χ1n) is 11.8. The van der Waals surface area contributed by atoms with Crippen molar-refractivity contribution >= 4 is 33.2 Å². The van der Waals surface area contributed by atoms with Gasteiger partial charge in [-0.25, -0.2) is 0 Å². The fourth-order valence-corrected chi connectivity index (χ4v) is 6.72. The van der Waals surface area contributed by atoms with Crippen molar-refractivity contribution < 1.29 is 14.3 Å². The molecule has 5 rings (SSSR count). The molecule has 33 heavy (non-hydrogen) atoms. The molecule has 1 atom stereocenters. The molecule has 0 aliphatic carbocycles. The minimum absolute atomic E-state index is 0.0408. The lowest BCUT2D eigenvalue weighted by Gasteiger charge is -2.39. The number of hydrogen-bond acceptors (Lipinski definition) is 4. The van der Waals surface area contributed by atoms with Gasteiger partial charge < -0.3 is 15.0 Å². The van der Waals surface area contributed by atoms with Crippen molar-refractivity contribution in [3.8, 4) is 0 Å². The molecule has 172 valence electrons. The Bertz CT molecular complexity index is 1150. The van der Waals surface area contributed by atoms with Gasteiger partial charge in [-0.1, -0.05) is 48.5 Å². The van der Waals surface area contributed by atoms with Crippen molar-refractivity contribution in [1.82, 2.24) is 10.2 Å². The number of nitrogens with zero attached hydrogens (tertiary/aromatic N) is 1. The van der Waals surface area contributed by atoms with E-state index in [-0.39, 0.29) is 17.7 Å². The first kappa shape index (κ1) is 22.1. The maximum absolute atomic E-state index is 14.0. The molecular weight excluding hydrogens is 432 g/mol. The van der Waals surface area contributed by atoms with Crippen LogP contribution in [0.3, 0.4) is 0 Å². The molecule has 2 aromatic carbocycles. The van der Waals surface area contributed by atoms with E-state index in [9.17, 15) is 9.59 Å². The second kappa shape index (κ2) is 9.27. The molecule has 3 heterocycles. The quantitative estimate of drug-likeness (QED) is 0.602. The minimum Gasteiger partial charge on any atom is -0.381 e. The Kier molecular flexibility index (Phi) is 6.21. The number of thiophene rings is 1. The summed E-state index contributed by atoms with van der Waals surface area (Å²) in [7, 11) is 1.68. The van der Waals surface area contributed by atoms with Crippen molar-refractivity contribution in [2.24, 2.45) is 5.41 Å². The van der Waals surface area contributed by atoms with Crippen molar-refractivity contribution in [3.63, 3.8) is 0 Å². The summed E-state index contributed by atoms with van der Waals surface area (Å²) in [4.78, 5) is 29.5. The van der Waals surface area contributed by atoms with Crippen molar-refractivity contribution in [3.05, 3.63) is 70.6 Å². The molecule has 2 fully saturated rings. The zero-order valence-corrected chi connectivity index (χ0v) is 19.8. The molecule has 2 aliphatic heterocycles. The van der Waals surface area contributed by atoms with E-state index in [1.165, 1.54) is 5.56 Å². The summed E-state index contributed by atoms with van der Waals surface area (Å²) < 4.78 is 6.77. The topological polar surface area (TPSA) is 58.6 Å². The minimum atomic E-state index is -0.408. The number of carbonyl (C=O) groups is 2. The van der Waals surface area contributed by atoms with Gasteiger partial charge >= 0.3 is 0 Å². The first-order valence-corrected chi connectivity index (χ1v) is 12.6. The van der Waals surface area contributed by atoms with E-state index in [2.05, 4.69) is 34.5 Å². The van der Waals surface area contributed by atoms with Gasteiger partial charge in [-0.2, -0.15) is 0 Å². The second-order valence-corrected chi connectivity index (χ2v) is 10.3. The van der Waals surface area contributed by atoms with Gasteiger partial charge in [0.2, 0.25) is 5.91 Å². The van der Waals surface area contributed by atoms with Gasteiger partial charge in [-0.15, -0.1) is 11.3 Å². The lowest BCUT2D eigenvalue weighted by atomic mass is 9.74. The number of fused-ring (bicyclic) bond motifs is 1. The highest BCUT2D eigenvalue weighted by molar-refractivity contribution is 7.21. The number of benzene rings is 2. The highest BCUT2D eigenvalue weighted by Crippen LogP contribution is 2.43. The molecule has 0 bridgehead atoms. The van der Waals surface area contributed by atoms with Crippen LogP contribution in [0.4, 0.5) is 0 Å². The van der Waals surface area contributed by atoms with E-state index < -0.39 is 5.41 Å². The van der Waals surface area contributed by atoms with E-state index in [4.69, 9.17) is 4.74 Å². The molecule has 0 spiro atoms. The number of nitrogens with one attached hydrogen (secondary N) is 1. The zero-order valence-electron chi connectivity index (χ0n) is 19.0. The summed E-state index contributed by atoms with van der Waals surface area (Å²) in [6, 6.07) is 18.6. The SMILES string of the molecule is CNC(=O)c1sc2ccccc2c1[C@@H]1CCN(C(=O)C2(Cc3ccccc3)CCOCC2)C1. The van der Waals surface area contributed by atoms with Crippen molar-refractivity contribution in [2.75, 3.05) is 33.4 Å². The molecule has 1 N–H and O–H groups in total. The summed E-state index contributed by atoms with van der Waals surface area (Å²) in [5, 5.41) is 3.95. The van der Waals surface area contributed by atoms with Crippen molar-refractivity contribution in [2.45, 2.75) is 31.6 Å². The van der Waals surface area contributed by atoms with E-state index in [0.29, 0.717) is 19.8 Å². The third kappa shape index (κ3) is 4.18. The molecule has 2 saturated heterocycles. The van der Waals surface area contributed by atoms with Crippen LogP contribution >= 0.6 is 11.3 Å². The number of carbonyl (C=O) groups excluding carboxylic acids is 2. The van der Waals surface area contributed by atoms with Crippen LogP contribution < -0.4 is 5.32 Å². The molecule has 0 unspecified atom stereocenters. The summed E-state index contributed by atoms with van der Waals surface area (Å²) in [5.41, 5.74) is 1.90. The zero-order chi connectivity index (χ0) is 22.8. The molecule has 0 saturated carbocycles. The van der Waals surface area contributed by atoms with Gasteiger partial charge in [0, 0.05) is 44.0 Å². The Labute approximate surface area is 198 Å². The van der Waals surface area contributed by atoms with Crippen LogP contribution in [0.5, 0.6) is 0 Å². The fourth-order valence-electron chi connectivity index (χ4n) is 5.48. The van der Waals surface area contributed by atoms with Crippen LogP contribution in [-0.2, 0) is 16.0 Å². The molecular formula is C27H30N2O3S. The molecule has 5 nitrogen and oxygen atoms in total. The molecule has 0 radical (unpaired) electrons. The van der Waals surface area contributed by atoms with E-state index >= 15 is 0 Å². The maximum atomic E-state index is 14.0. The predicted molar refractivity (Wildman–Crippen MR) is 132 cm³/mol. The number of ether oxygens (including phenoxy) is 1.